The third-order valence-electron chi connectivity index (χ3n) is 5.90. The van der Waals surface area contributed by atoms with Crippen LogP contribution in [0.1, 0.15) is 74.3 Å². The molecule has 1 atom stereocenters. The van der Waals surface area contributed by atoms with Crippen LogP contribution in [0.3, 0.4) is 0 Å². The maximum atomic E-state index is 13.0. The van der Waals surface area contributed by atoms with Crippen molar-refractivity contribution in [1.29, 1.82) is 0 Å². The Labute approximate surface area is 156 Å². The molecule has 1 aromatic heterocycles. The van der Waals surface area contributed by atoms with Gasteiger partial charge in [0, 0.05) is 25.3 Å². The standard InChI is InChI=1S/C19H30N4O.ClH/c24-19(18-10-12-23(21-18)17-7-4-11-20-13-17)22(16-8-9-16)14-15-5-2-1-3-6-15;/h10,12,15-17,20H,1-9,11,13-14H2;1H. The Balaban J connectivity index is 0.00000182. The van der Waals surface area contributed by atoms with E-state index in [1.54, 1.807) is 0 Å². The summed E-state index contributed by atoms with van der Waals surface area (Å²) >= 11 is 0. The number of piperidine rings is 1. The predicted molar refractivity (Wildman–Crippen MR) is 101 cm³/mol. The van der Waals surface area contributed by atoms with E-state index in [2.05, 4.69) is 15.3 Å². The second-order valence-electron chi connectivity index (χ2n) is 7.87. The van der Waals surface area contributed by atoms with E-state index in [0.717, 1.165) is 26.1 Å². The normalized spacial score (nSPS) is 24.6. The molecule has 140 valence electrons. The number of nitrogens with one attached hydrogen (secondary N) is 1. The maximum absolute atomic E-state index is 13.0. The minimum Gasteiger partial charge on any atom is -0.334 e. The Kier molecular flexibility index (Phi) is 6.39. The second kappa shape index (κ2) is 8.54. The van der Waals surface area contributed by atoms with Gasteiger partial charge in [-0.15, -0.1) is 12.4 Å². The van der Waals surface area contributed by atoms with Crippen LogP contribution in [0.2, 0.25) is 0 Å². The fraction of sp³-hybridized carbons (Fsp3) is 0.789. The highest BCUT2D eigenvalue weighted by Gasteiger charge is 2.35. The zero-order valence-electron chi connectivity index (χ0n) is 15.0. The van der Waals surface area contributed by atoms with Crippen LogP contribution in [-0.2, 0) is 0 Å². The van der Waals surface area contributed by atoms with E-state index in [1.807, 2.05) is 16.9 Å². The monoisotopic (exact) mass is 366 g/mol. The van der Waals surface area contributed by atoms with Crippen LogP contribution in [0.25, 0.3) is 0 Å². The Morgan fingerprint density at radius 3 is 2.64 bits per heavy atom. The average molecular weight is 367 g/mol. The molecule has 0 aromatic carbocycles. The van der Waals surface area contributed by atoms with E-state index in [4.69, 9.17) is 0 Å². The molecule has 4 rings (SSSR count). The molecule has 1 unspecified atom stereocenters. The molecule has 1 saturated heterocycles. The number of carbonyl (C=O) groups is 1. The van der Waals surface area contributed by atoms with Gasteiger partial charge in [-0.2, -0.15) is 5.10 Å². The van der Waals surface area contributed by atoms with Crippen LogP contribution in [0.4, 0.5) is 0 Å². The van der Waals surface area contributed by atoms with Gasteiger partial charge in [-0.05, 0) is 57.1 Å². The van der Waals surface area contributed by atoms with Crippen molar-refractivity contribution in [1.82, 2.24) is 20.0 Å². The van der Waals surface area contributed by atoms with Crippen molar-refractivity contribution >= 4 is 18.3 Å². The molecule has 2 saturated carbocycles. The first kappa shape index (κ1) is 18.7. The molecule has 3 fully saturated rings. The van der Waals surface area contributed by atoms with E-state index >= 15 is 0 Å². The van der Waals surface area contributed by atoms with Crippen LogP contribution in [0.5, 0.6) is 0 Å². The summed E-state index contributed by atoms with van der Waals surface area (Å²) in [5.41, 5.74) is 0.642. The first-order valence-corrected chi connectivity index (χ1v) is 9.88. The SMILES string of the molecule is Cl.O=C(c1ccn(C2CCCNC2)n1)N(CC1CCCCC1)C1CC1. The Morgan fingerprint density at radius 1 is 1.16 bits per heavy atom. The number of hydrogen-bond donors (Lipinski definition) is 1. The van der Waals surface area contributed by atoms with Crippen molar-refractivity contribution in [2.45, 2.75) is 69.9 Å². The Bertz CT molecular complexity index is 560. The van der Waals surface area contributed by atoms with Gasteiger partial charge in [-0.3, -0.25) is 9.48 Å². The zero-order chi connectivity index (χ0) is 16.4. The molecule has 1 amide bonds. The summed E-state index contributed by atoms with van der Waals surface area (Å²) in [5.74, 6) is 0.860. The van der Waals surface area contributed by atoms with Crippen molar-refractivity contribution in [2.75, 3.05) is 19.6 Å². The number of halogens is 1. The fourth-order valence-electron chi connectivity index (χ4n) is 4.29. The molecule has 3 aliphatic rings. The van der Waals surface area contributed by atoms with Crippen molar-refractivity contribution in [3.05, 3.63) is 18.0 Å². The van der Waals surface area contributed by atoms with Crippen LogP contribution in [0, 0.1) is 5.92 Å². The van der Waals surface area contributed by atoms with E-state index in [0.29, 0.717) is 23.7 Å². The number of rotatable bonds is 5. The first-order chi connectivity index (χ1) is 11.8. The summed E-state index contributed by atoms with van der Waals surface area (Å²) in [4.78, 5) is 15.2. The Hall–Kier alpha value is -1.07. The molecular weight excluding hydrogens is 336 g/mol. The third kappa shape index (κ3) is 4.56. The van der Waals surface area contributed by atoms with Gasteiger partial charge in [0.1, 0.15) is 5.69 Å². The maximum Gasteiger partial charge on any atom is 0.274 e. The van der Waals surface area contributed by atoms with Gasteiger partial charge in [-0.1, -0.05) is 19.3 Å². The summed E-state index contributed by atoms with van der Waals surface area (Å²) in [5, 5.41) is 8.06. The fourth-order valence-corrected chi connectivity index (χ4v) is 4.29. The summed E-state index contributed by atoms with van der Waals surface area (Å²) in [7, 11) is 0. The number of hydrogen-bond acceptors (Lipinski definition) is 3. The highest BCUT2D eigenvalue weighted by Crippen LogP contribution is 2.32. The topological polar surface area (TPSA) is 50.2 Å². The lowest BCUT2D eigenvalue weighted by Crippen LogP contribution is -2.38. The molecule has 1 aromatic rings. The molecule has 5 nitrogen and oxygen atoms in total. The second-order valence-corrected chi connectivity index (χ2v) is 7.87. The van der Waals surface area contributed by atoms with Gasteiger partial charge in [0.25, 0.3) is 5.91 Å². The van der Waals surface area contributed by atoms with Gasteiger partial charge in [0.05, 0.1) is 6.04 Å². The molecule has 0 spiro atoms. The van der Waals surface area contributed by atoms with E-state index < -0.39 is 0 Å². The van der Waals surface area contributed by atoms with Crippen LogP contribution in [-0.4, -0.2) is 46.3 Å². The van der Waals surface area contributed by atoms with Crippen molar-refractivity contribution in [3.63, 3.8) is 0 Å². The van der Waals surface area contributed by atoms with Gasteiger partial charge in [0.2, 0.25) is 0 Å². The summed E-state index contributed by atoms with van der Waals surface area (Å²) in [6, 6.07) is 2.79. The predicted octanol–water partition coefficient (Wildman–Crippen LogP) is 3.41. The third-order valence-corrected chi connectivity index (χ3v) is 5.90. The van der Waals surface area contributed by atoms with Gasteiger partial charge in [-0.25, -0.2) is 0 Å². The van der Waals surface area contributed by atoms with Gasteiger partial charge >= 0.3 is 0 Å². The highest BCUT2D eigenvalue weighted by molar-refractivity contribution is 5.92. The van der Waals surface area contributed by atoms with Crippen molar-refractivity contribution in [2.24, 2.45) is 5.92 Å². The highest BCUT2D eigenvalue weighted by atomic mass is 35.5. The van der Waals surface area contributed by atoms with E-state index in [9.17, 15) is 4.79 Å². The molecule has 25 heavy (non-hydrogen) atoms. The lowest BCUT2D eigenvalue weighted by atomic mass is 9.89. The van der Waals surface area contributed by atoms with Crippen molar-refractivity contribution in [3.8, 4) is 0 Å². The Morgan fingerprint density at radius 2 is 1.96 bits per heavy atom. The summed E-state index contributed by atoms with van der Waals surface area (Å²) in [6.07, 6.45) is 13.3. The number of amides is 1. The zero-order valence-corrected chi connectivity index (χ0v) is 15.8. The molecule has 1 aliphatic heterocycles. The van der Waals surface area contributed by atoms with Crippen molar-refractivity contribution < 1.29 is 4.79 Å². The average Bonchev–Trinajstić information content (AvgIpc) is 3.36. The molecule has 6 heteroatoms. The lowest BCUT2D eigenvalue weighted by molar-refractivity contribution is 0.0691. The quantitative estimate of drug-likeness (QED) is 0.868. The van der Waals surface area contributed by atoms with Gasteiger partial charge < -0.3 is 10.2 Å². The molecule has 2 aliphatic carbocycles. The molecule has 0 radical (unpaired) electrons. The number of nitrogens with zero attached hydrogens (tertiary/aromatic N) is 3. The first-order valence-electron chi connectivity index (χ1n) is 9.88. The summed E-state index contributed by atoms with van der Waals surface area (Å²) < 4.78 is 2.01. The summed E-state index contributed by atoms with van der Waals surface area (Å²) in [6.45, 7) is 3.01. The molecule has 0 bridgehead atoms. The largest absolute Gasteiger partial charge is 0.334 e. The minimum atomic E-state index is 0. The lowest BCUT2D eigenvalue weighted by Gasteiger charge is -2.29. The minimum absolute atomic E-state index is 0. The van der Waals surface area contributed by atoms with Crippen LogP contribution < -0.4 is 5.32 Å². The number of aromatic nitrogens is 2. The number of carbonyl (C=O) groups excluding carboxylic acids is 1. The molecule has 1 N–H and O–H groups in total. The van der Waals surface area contributed by atoms with E-state index in [1.165, 1.54) is 51.4 Å². The molecular formula is C19H31ClN4O. The van der Waals surface area contributed by atoms with Crippen LogP contribution >= 0.6 is 12.4 Å². The van der Waals surface area contributed by atoms with E-state index in [-0.39, 0.29) is 18.3 Å². The molecule has 2 heterocycles. The van der Waals surface area contributed by atoms with Gasteiger partial charge in [0.15, 0.2) is 0 Å². The smallest absolute Gasteiger partial charge is 0.274 e. The van der Waals surface area contributed by atoms with Crippen LogP contribution in [0.15, 0.2) is 12.3 Å².